The Bertz CT molecular complexity index is 888. The summed E-state index contributed by atoms with van der Waals surface area (Å²) in [7, 11) is 1.30. The number of ether oxygens (including phenoxy) is 1. The van der Waals surface area contributed by atoms with Crippen LogP contribution in [0.25, 0.3) is 16.8 Å². The van der Waals surface area contributed by atoms with Gasteiger partial charge in [0.05, 0.1) is 23.9 Å². The van der Waals surface area contributed by atoms with Gasteiger partial charge in [-0.2, -0.15) is 22.8 Å². The molecule has 6 nitrogen and oxygen atoms in total. The van der Waals surface area contributed by atoms with Gasteiger partial charge in [-0.05, 0) is 31.2 Å². The number of nitrogens with zero attached hydrogens (tertiary/aromatic N) is 4. The molecule has 3 aromatic rings. The van der Waals surface area contributed by atoms with Gasteiger partial charge in [-0.15, -0.1) is 10.2 Å². The van der Waals surface area contributed by atoms with Gasteiger partial charge in [-0.25, -0.2) is 0 Å². The van der Waals surface area contributed by atoms with Crippen LogP contribution in [0.2, 0.25) is 0 Å². The molecule has 9 heteroatoms. The molecule has 0 saturated carbocycles. The zero-order valence-corrected chi connectivity index (χ0v) is 12.2. The van der Waals surface area contributed by atoms with Crippen LogP contribution in [0.3, 0.4) is 0 Å². The summed E-state index contributed by atoms with van der Waals surface area (Å²) in [6.45, 7) is 1.70. The van der Waals surface area contributed by atoms with Crippen LogP contribution in [-0.2, 0) is 6.18 Å². The first kappa shape index (κ1) is 15.1. The number of aromatic nitrogens is 4. The summed E-state index contributed by atoms with van der Waals surface area (Å²) < 4.78 is 46.3. The van der Waals surface area contributed by atoms with Crippen LogP contribution >= 0.6 is 0 Å². The van der Waals surface area contributed by atoms with Gasteiger partial charge < -0.3 is 10.5 Å². The number of benzene rings is 1. The van der Waals surface area contributed by atoms with E-state index in [0.29, 0.717) is 11.2 Å². The normalized spacial score (nSPS) is 11.9. The Kier molecular flexibility index (Phi) is 3.35. The van der Waals surface area contributed by atoms with Gasteiger partial charge in [0.15, 0.2) is 0 Å². The molecular weight excluding hydrogens is 311 g/mol. The van der Waals surface area contributed by atoms with Crippen molar-refractivity contribution in [3.8, 4) is 17.0 Å². The van der Waals surface area contributed by atoms with Crippen molar-refractivity contribution in [2.75, 3.05) is 12.8 Å². The lowest BCUT2D eigenvalue weighted by atomic mass is 10.0. The Balaban J connectivity index is 2.33. The number of methoxy groups -OCH3 is 1. The molecule has 0 aliphatic heterocycles. The van der Waals surface area contributed by atoms with E-state index in [0.717, 1.165) is 6.07 Å². The average Bonchev–Trinajstić information content (AvgIpc) is 2.89. The second kappa shape index (κ2) is 5.11. The van der Waals surface area contributed by atoms with E-state index in [1.807, 2.05) is 0 Å². The van der Waals surface area contributed by atoms with Gasteiger partial charge in [-0.1, -0.05) is 0 Å². The lowest BCUT2D eigenvalue weighted by Crippen LogP contribution is -2.10. The monoisotopic (exact) mass is 323 g/mol. The first-order valence-electron chi connectivity index (χ1n) is 6.55. The first-order chi connectivity index (χ1) is 10.8. The Morgan fingerprint density at radius 2 is 1.91 bits per heavy atom. The van der Waals surface area contributed by atoms with Crippen molar-refractivity contribution < 1.29 is 17.9 Å². The van der Waals surface area contributed by atoms with E-state index in [-0.39, 0.29) is 23.0 Å². The standard InChI is InChI=1S/C14H12F3N5O/c1-7-5-11-12(19-20-13(18)22(11)21-7)9-4-3-8(23-2)6-10(9)14(15,16)17/h3-6H,1-2H3,(H2,18,20). The van der Waals surface area contributed by atoms with Crippen molar-refractivity contribution in [2.24, 2.45) is 0 Å². The zero-order chi connectivity index (χ0) is 16.8. The van der Waals surface area contributed by atoms with E-state index in [4.69, 9.17) is 10.5 Å². The van der Waals surface area contributed by atoms with Crippen LogP contribution in [-0.4, -0.2) is 26.9 Å². The summed E-state index contributed by atoms with van der Waals surface area (Å²) in [5.74, 6) is 0.101. The van der Waals surface area contributed by atoms with Crippen molar-refractivity contribution >= 4 is 11.5 Å². The molecule has 120 valence electrons. The largest absolute Gasteiger partial charge is 0.497 e. The van der Waals surface area contributed by atoms with Gasteiger partial charge in [0.25, 0.3) is 0 Å². The predicted octanol–water partition coefficient (Wildman–Crippen LogP) is 2.71. The summed E-state index contributed by atoms with van der Waals surface area (Å²) in [5.41, 5.74) is 5.69. The van der Waals surface area contributed by atoms with Crippen LogP contribution in [0.1, 0.15) is 11.3 Å². The number of hydrogen-bond acceptors (Lipinski definition) is 5. The molecular formula is C14H12F3N5O. The second-order valence-corrected chi connectivity index (χ2v) is 4.90. The molecule has 0 fully saturated rings. The smallest absolute Gasteiger partial charge is 0.417 e. The molecule has 0 bridgehead atoms. The average molecular weight is 323 g/mol. The SMILES string of the molecule is COc1ccc(-c2nnc(N)n3nc(C)cc23)c(C(F)(F)F)c1. The third-order valence-corrected chi connectivity index (χ3v) is 3.33. The van der Waals surface area contributed by atoms with E-state index >= 15 is 0 Å². The third-order valence-electron chi connectivity index (χ3n) is 3.33. The highest BCUT2D eigenvalue weighted by molar-refractivity contribution is 5.80. The number of halogens is 3. The highest BCUT2D eigenvalue weighted by Crippen LogP contribution is 2.39. The summed E-state index contributed by atoms with van der Waals surface area (Å²) in [6.07, 6.45) is -4.57. The van der Waals surface area contributed by atoms with Gasteiger partial charge >= 0.3 is 6.18 Å². The van der Waals surface area contributed by atoms with Crippen molar-refractivity contribution in [3.05, 3.63) is 35.5 Å². The molecule has 23 heavy (non-hydrogen) atoms. The maximum absolute atomic E-state index is 13.4. The van der Waals surface area contributed by atoms with Gasteiger partial charge in [0.1, 0.15) is 11.4 Å². The maximum Gasteiger partial charge on any atom is 0.417 e. The van der Waals surface area contributed by atoms with E-state index < -0.39 is 11.7 Å². The number of anilines is 1. The lowest BCUT2D eigenvalue weighted by Gasteiger charge is -2.14. The summed E-state index contributed by atoms with van der Waals surface area (Å²) in [6, 6.07) is 5.25. The molecule has 2 aromatic heterocycles. The van der Waals surface area contributed by atoms with E-state index in [9.17, 15) is 13.2 Å². The molecule has 1 aromatic carbocycles. The molecule has 0 unspecified atom stereocenters. The van der Waals surface area contributed by atoms with Gasteiger partial charge in [-0.3, -0.25) is 0 Å². The van der Waals surface area contributed by atoms with Crippen LogP contribution in [0.5, 0.6) is 5.75 Å². The van der Waals surface area contributed by atoms with Crippen LogP contribution in [0, 0.1) is 6.92 Å². The van der Waals surface area contributed by atoms with Crippen molar-refractivity contribution in [3.63, 3.8) is 0 Å². The number of hydrogen-bond donors (Lipinski definition) is 1. The molecule has 2 N–H and O–H groups in total. The fraction of sp³-hybridized carbons (Fsp3) is 0.214. The molecule has 0 amide bonds. The molecule has 0 saturated heterocycles. The Morgan fingerprint density at radius 3 is 2.57 bits per heavy atom. The minimum absolute atomic E-state index is 0.001000. The van der Waals surface area contributed by atoms with Gasteiger partial charge in [0.2, 0.25) is 5.95 Å². The highest BCUT2D eigenvalue weighted by atomic mass is 19.4. The molecule has 2 heterocycles. The summed E-state index contributed by atoms with van der Waals surface area (Å²) in [5, 5.41) is 11.6. The van der Waals surface area contributed by atoms with Gasteiger partial charge in [0, 0.05) is 5.56 Å². The Labute approximate surface area is 128 Å². The molecule has 3 rings (SSSR count). The molecule has 0 aliphatic rings. The number of nitrogens with two attached hydrogens (primary N) is 1. The van der Waals surface area contributed by atoms with Crippen molar-refractivity contribution in [1.82, 2.24) is 19.8 Å². The minimum Gasteiger partial charge on any atom is -0.497 e. The fourth-order valence-electron chi connectivity index (χ4n) is 2.32. The van der Waals surface area contributed by atoms with Crippen LogP contribution < -0.4 is 10.5 Å². The van der Waals surface area contributed by atoms with E-state index in [1.54, 1.807) is 13.0 Å². The number of fused-ring (bicyclic) bond motifs is 1. The molecule has 0 atom stereocenters. The lowest BCUT2D eigenvalue weighted by molar-refractivity contribution is -0.137. The maximum atomic E-state index is 13.4. The first-order valence-corrected chi connectivity index (χ1v) is 6.55. The zero-order valence-electron chi connectivity index (χ0n) is 12.2. The van der Waals surface area contributed by atoms with E-state index in [2.05, 4.69) is 15.3 Å². The molecule has 0 aliphatic carbocycles. The number of nitrogen functional groups attached to an aromatic ring is 1. The summed E-state index contributed by atoms with van der Waals surface area (Å²) in [4.78, 5) is 0. The summed E-state index contributed by atoms with van der Waals surface area (Å²) >= 11 is 0. The number of aryl methyl sites for hydroxylation is 1. The number of rotatable bonds is 2. The second-order valence-electron chi connectivity index (χ2n) is 4.90. The van der Waals surface area contributed by atoms with E-state index in [1.165, 1.54) is 23.8 Å². The van der Waals surface area contributed by atoms with Crippen molar-refractivity contribution in [2.45, 2.75) is 13.1 Å². The topological polar surface area (TPSA) is 78.3 Å². The highest BCUT2D eigenvalue weighted by Gasteiger charge is 2.35. The Hall–Kier alpha value is -2.84. The fourth-order valence-corrected chi connectivity index (χ4v) is 2.32. The molecule has 0 spiro atoms. The Morgan fingerprint density at radius 1 is 1.17 bits per heavy atom. The van der Waals surface area contributed by atoms with Crippen LogP contribution in [0.4, 0.5) is 19.1 Å². The minimum atomic E-state index is -4.57. The predicted molar refractivity (Wildman–Crippen MR) is 76.9 cm³/mol. The third kappa shape index (κ3) is 2.54. The van der Waals surface area contributed by atoms with Crippen molar-refractivity contribution in [1.29, 1.82) is 0 Å². The molecule has 0 radical (unpaired) electrons. The quantitative estimate of drug-likeness (QED) is 0.784. The van der Waals surface area contributed by atoms with Crippen LogP contribution in [0.15, 0.2) is 24.3 Å². The number of alkyl halides is 3.